The number of nitrogens with zero attached hydrogens (tertiary/aromatic N) is 6. The molecule has 0 fully saturated rings. The van der Waals surface area contributed by atoms with Crippen LogP contribution in [0.2, 0.25) is 0 Å². The van der Waals surface area contributed by atoms with Crippen molar-refractivity contribution in [3.63, 3.8) is 0 Å². The van der Waals surface area contributed by atoms with E-state index in [2.05, 4.69) is 29.9 Å². The van der Waals surface area contributed by atoms with Gasteiger partial charge in [-0.2, -0.15) is 5.10 Å². The van der Waals surface area contributed by atoms with Gasteiger partial charge in [-0.05, 0) is 29.8 Å². The highest BCUT2D eigenvalue weighted by molar-refractivity contribution is 5.94. The normalized spacial score (nSPS) is 16.3. The van der Waals surface area contributed by atoms with Crippen molar-refractivity contribution in [2.45, 2.75) is 6.17 Å². The van der Waals surface area contributed by atoms with Gasteiger partial charge in [0, 0.05) is 0 Å². The van der Waals surface area contributed by atoms with Crippen LogP contribution in [0.25, 0.3) is 16.7 Å². The molecule has 3 heterocycles. The fourth-order valence-corrected chi connectivity index (χ4v) is 3.08. The molecular weight excluding hydrogens is 316 g/mol. The van der Waals surface area contributed by atoms with E-state index in [1.165, 1.54) is 6.33 Å². The number of para-hydroxylation sites is 2. The van der Waals surface area contributed by atoms with E-state index in [9.17, 15) is 0 Å². The van der Waals surface area contributed by atoms with E-state index >= 15 is 0 Å². The monoisotopic (exact) mass is 330 g/mol. The Balaban J connectivity index is 1.63. The minimum absolute atomic E-state index is 0.270. The van der Waals surface area contributed by atoms with Crippen LogP contribution in [-0.2, 0) is 0 Å². The molecule has 0 aliphatic carbocycles. The van der Waals surface area contributed by atoms with Crippen molar-refractivity contribution in [1.29, 1.82) is 0 Å². The van der Waals surface area contributed by atoms with Crippen molar-refractivity contribution in [2.75, 3.05) is 5.32 Å². The minimum Gasteiger partial charge on any atom is -0.370 e. The molecule has 4 aromatic rings. The number of nitrogens with two attached hydrogens (primary N) is 1. The smallest absolute Gasteiger partial charge is 0.212 e. The van der Waals surface area contributed by atoms with E-state index in [0.29, 0.717) is 11.9 Å². The zero-order chi connectivity index (χ0) is 16.8. The first-order chi connectivity index (χ1) is 12.3. The Hall–Kier alpha value is -3.68. The number of nitrogens with one attached hydrogen (secondary N) is 1. The van der Waals surface area contributed by atoms with Gasteiger partial charge in [0.15, 0.2) is 12.1 Å². The zero-order valence-corrected chi connectivity index (χ0v) is 13.1. The summed E-state index contributed by atoms with van der Waals surface area (Å²) in [4.78, 5) is 13.2. The first-order valence-electron chi connectivity index (χ1n) is 7.82. The number of imidazole rings is 1. The maximum atomic E-state index is 5.97. The summed E-state index contributed by atoms with van der Waals surface area (Å²) < 4.78 is 3.76. The quantitative estimate of drug-likeness (QED) is 0.585. The maximum Gasteiger partial charge on any atom is 0.212 e. The van der Waals surface area contributed by atoms with E-state index in [1.54, 1.807) is 11.0 Å². The van der Waals surface area contributed by atoms with Crippen molar-refractivity contribution in [2.24, 2.45) is 10.7 Å². The third-order valence-electron chi connectivity index (χ3n) is 4.22. The van der Waals surface area contributed by atoms with Crippen molar-refractivity contribution in [1.82, 2.24) is 24.3 Å². The number of guanidine groups is 1. The number of hydrogen-bond donors (Lipinski definition) is 2. The first kappa shape index (κ1) is 13.7. The lowest BCUT2D eigenvalue weighted by Gasteiger charge is -2.24. The van der Waals surface area contributed by atoms with Crippen LogP contribution < -0.4 is 11.1 Å². The predicted molar refractivity (Wildman–Crippen MR) is 94.5 cm³/mol. The molecule has 8 heteroatoms. The number of benzene rings is 2. The first-order valence-corrected chi connectivity index (χ1v) is 7.82. The number of rotatable bonds is 2. The molecule has 25 heavy (non-hydrogen) atoms. The second kappa shape index (κ2) is 5.17. The maximum absolute atomic E-state index is 5.97. The van der Waals surface area contributed by atoms with Crippen LogP contribution in [0.5, 0.6) is 0 Å². The fourth-order valence-electron chi connectivity index (χ4n) is 3.08. The summed E-state index contributed by atoms with van der Waals surface area (Å²) in [6.07, 6.45) is 2.90. The van der Waals surface area contributed by atoms with Crippen LogP contribution in [0.1, 0.15) is 11.7 Å². The van der Waals surface area contributed by atoms with Gasteiger partial charge in [0.25, 0.3) is 0 Å². The van der Waals surface area contributed by atoms with Gasteiger partial charge in [-0.25, -0.2) is 19.6 Å². The molecule has 1 aliphatic heterocycles. The summed E-state index contributed by atoms with van der Waals surface area (Å²) in [6, 6.07) is 16.0. The molecule has 0 unspecified atom stereocenters. The van der Waals surface area contributed by atoms with Gasteiger partial charge in [0.1, 0.15) is 12.7 Å². The van der Waals surface area contributed by atoms with E-state index in [1.807, 2.05) is 48.5 Å². The Morgan fingerprint density at radius 3 is 2.68 bits per heavy atom. The summed E-state index contributed by atoms with van der Waals surface area (Å²) >= 11 is 0. The zero-order valence-electron chi connectivity index (χ0n) is 13.1. The van der Waals surface area contributed by atoms with Crippen LogP contribution in [0.3, 0.4) is 0 Å². The van der Waals surface area contributed by atoms with Crippen LogP contribution in [0.4, 0.5) is 5.95 Å². The third-order valence-corrected chi connectivity index (χ3v) is 4.22. The van der Waals surface area contributed by atoms with Crippen molar-refractivity contribution >= 4 is 22.9 Å². The van der Waals surface area contributed by atoms with Crippen LogP contribution in [0.15, 0.2) is 66.2 Å². The molecule has 0 saturated carbocycles. The SMILES string of the molecule is NC1=N[C@H](c2ccc(-n3cncn3)cc2)n2c(nc3ccccc32)N1. The Bertz CT molecular complexity index is 1080. The highest BCUT2D eigenvalue weighted by atomic mass is 15.4. The summed E-state index contributed by atoms with van der Waals surface area (Å²) in [6.45, 7) is 0. The van der Waals surface area contributed by atoms with Crippen LogP contribution >= 0.6 is 0 Å². The summed E-state index contributed by atoms with van der Waals surface area (Å²) in [5.74, 6) is 1.05. The molecule has 0 radical (unpaired) electrons. The highest BCUT2D eigenvalue weighted by Gasteiger charge is 2.24. The molecule has 2 aromatic heterocycles. The molecule has 1 atom stereocenters. The fraction of sp³-hybridized carbons (Fsp3) is 0.0588. The summed E-state index contributed by atoms with van der Waals surface area (Å²) in [5, 5.41) is 7.18. The Morgan fingerprint density at radius 2 is 1.88 bits per heavy atom. The molecule has 1 aliphatic rings. The van der Waals surface area contributed by atoms with E-state index in [-0.39, 0.29) is 6.17 Å². The summed E-state index contributed by atoms with van der Waals surface area (Å²) in [5.41, 5.74) is 9.82. The van der Waals surface area contributed by atoms with Gasteiger partial charge in [-0.1, -0.05) is 24.3 Å². The number of hydrogen-bond acceptors (Lipinski definition) is 6. The Kier molecular flexibility index (Phi) is 2.84. The van der Waals surface area contributed by atoms with E-state index in [4.69, 9.17) is 5.73 Å². The lowest BCUT2D eigenvalue weighted by Crippen LogP contribution is -2.31. The largest absolute Gasteiger partial charge is 0.370 e. The van der Waals surface area contributed by atoms with E-state index < -0.39 is 0 Å². The van der Waals surface area contributed by atoms with Crippen molar-refractivity contribution in [3.05, 3.63) is 66.7 Å². The number of anilines is 1. The van der Waals surface area contributed by atoms with E-state index in [0.717, 1.165) is 22.3 Å². The molecule has 3 N–H and O–H groups in total. The van der Waals surface area contributed by atoms with Crippen LogP contribution in [-0.4, -0.2) is 30.3 Å². The standard InChI is InChI=1S/C17H14N8/c18-16-22-15(11-5-7-12(8-6-11)24-10-19-9-20-24)25-14-4-2-1-3-13(14)21-17(25)23-16/h1-10,15H,(H3,18,21,22,23)/t15-/m0/s1. The van der Waals surface area contributed by atoms with Crippen molar-refractivity contribution in [3.8, 4) is 5.69 Å². The molecule has 2 aromatic carbocycles. The van der Waals surface area contributed by atoms with Gasteiger partial charge >= 0.3 is 0 Å². The van der Waals surface area contributed by atoms with Gasteiger partial charge in [0.2, 0.25) is 5.95 Å². The third kappa shape index (κ3) is 2.15. The lowest BCUT2D eigenvalue weighted by molar-refractivity contribution is 0.626. The molecule has 8 nitrogen and oxygen atoms in total. The highest BCUT2D eigenvalue weighted by Crippen LogP contribution is 2.32. The van der Waals surface area contributed by atoms with Crippen molar-refractivity contribution < 1.29 is 0 Å². The minimum atomic E-state index is -0.270. The Morgan fingerprint density at radius 1 is 1.04 bits per heavy atom. The molecule has 0 amide bonds. The second-order valence-corrected chi connectivity index (χ2v) is 5.74. The summed E-state index contributed by atoms with van der Waals surface area (Å²) in [7, 11) is 0. The van der Waals surface area contributed by atoms with Crippen LogP contribution in [0, 0.1) is 0 Å². The molecule has 0 bridgehead atoms. The van der Waals surface area contributed by atoms with Gasteiger partial charge < -0.3 is 5.73 Å². The molecule has 5 rings (SSSR count). The number of aliphatic imine (C=N–C) groups is 1. The molecule has 0 spiro atoms. The average Bonchev–Trinajstić information content (AvgIpc) is 3.28. The number of aromatic nitrogens is 5. The van der Waals surface area contributed by atoms with Gasteiger partial charge in [-0.3, -0.25) is 9.88 Å². The number of fused-ring (bicyclic) bond motifs is 3. The average molecular weight is 330 g/mol. The Labute approximate surface area is 142 Å². The van der Waals surface area contributed by atoms with Gasteiger partial charge in [0.05, 0.1) is 16.7 Å². The second-order valence-electron chi connectivity index (χ2n) is 5.74. The molecule has 0 saturated heterocycles. The topological polar surface area (TPSA) is 98.9 Å². The lowest BCUT2D eigenvalue weighted by atomic mass is 10.1. The molecule has 122 valence electrons. The predicted octanol–water partition coefficient (Wildman–Crippen LogP) is 1.90. The molecular formula is C17H14N8. The van der Waals surface area contributed by atoms with Gasteiger partial charge in [-0.15, -0.1) is 0 Å².